The van der Waals surface area contributed by atoms with E-state index in [0.717, 1.165) is 12.8 Å². The van der Waals surface area contributed by atoms with Gasteiger partial charge in [-0.2, -0.15) is 0 Å². The van der Waals surface area contributed by atoms with Gasteiger partial charge in [0.05, 0.1) is 0 Å². The Morgan fingerprint density at radius 1 is 0.762 bits per heavy atom. The predicted molar refractivity (Wildman–Crippen MR) is 93.0 cm³/mol. The second-order valence-corrected chi connectivity index (χ2v) is 6.20. The highest BCUT2D eigenvalue weighted by Gasteiger charge is 2.05. The third-order valence-corrected chi connectivity index (χ3v) is 4.41. The molecule has 1 rings (SSSR count). The van der Waals surface area contributed by atoms with E-state index in [0.29, 0.717) is 5.75 Å². The van der Waals surface area contributed by atoms with E-state index in [4.69, 9.17) is 0 Å². The van der Waals surface area contributed by atoms with E-state index in [1.807, 2.05) is 12.1 Å². The molecule has 0 atom stereocenters. The Bertz CT molecular complexity index is 370. The highest BCUT2D eigenvalue weighted by atomic mass is 16.3. The van der Waals surface area contributed by atoms with Crippen LogP contribution >= 0.6 is 0 Å². The normalized spacial score (nSPS) is 11.0. The van der Waals surface area contributed by atoms with Crippen molar-refractivity contribution in [1.82, 2.24) is 0 Å². The highest BCUT2D eigenvalue weighted by molar-refractivity contribution is 5.39. The SMILES string of the molecule is CCCCCCCCCCCCc1c(O)cccc1CC. The number of hydrogen-bond donors (Lipinski definition) is 1. The number of rotatable bonds is 12. The zero-order chi connectivity index (χ0) is 15.3. The van der Waals surface area contributed by atoms with Crippen LogP contribution in [-0.4, -0.2) is 5.11 Å². The maximum Gasteiger partial charge on any atom is 0.119 e. The lowest BCUT2D eigenvalue weighted by Gasteiger charge is -2.10. The topological polar surface area (TPSA) is 20.2 Å². The maximum absolute atomic E-state index is 9.97. The van der Waals surface area contributed by atoms with Gasteiger partial charge >= 0.3 is 0 Å². The number of phenols is 1. The molecule has 1 aromatic rings. The molecule has 0 heterocycles. The first kappa shape index (κ1) is 18.1. The van der Waals surface area contributed by atoms with E-state index in [2.05, 4.69) is 19.9 Å². The average Bonchev–Trinajstić information content (AvgIpc) is 2.50. The summed E-state index contributed by atoms with van der Waals surface area (Å²) in [6, 6.07) is 5.92. The van der Waals surface area contributed by atoms with Gasteiger partial charge in [-0.15, -0.1) is 0 Å². The fourth-order valence-corrected chi connectivity index (χ4v) is 3.03. The molecule has 1 nitrogen and oxygen atoms in total. The van der Waals surface area contributed by atoms with E-state index in [1.165, 1.54) is 75.3 Å². The molecule has 120 valence electrons. The number of aromatic hydroxyl groups is 1. The quantitative estimate of drug-likeness (QED) is 0.440. The van der Waals surface area contributed by atoms with Crippen LogP contribution in [0.4, 0.5) is 0 Å². The van der Waals surface area contributed by atoms with E-state index in [1.54, 1.807) is 0 Å². The molecule has 0 aromatic heterocycles. The van der Waals surface area contributed by atoms with Crippen LogP contribution in [0.2, 0.25) is 0 Å². The second-order valence-electron chi connectivity index (χ2n) is 6.20. The van der Waals surface area contributed by atoms with Crippen LogP contribution in [0.5, 0.6) is 5.75 Å². The summed E-state index contributed by atoms with van der Waals surface area (Å²) in [4.78, 5) is 0. The smallest absolute Gasteiger partial charge is 0.119 e. The van der Waals surface area contributed by atoms with Crippen molar-refractivity contribution >= 4 is 0 Å². The molecule has 0 bridgehead atoms. The molecule has 0 saturated heterocycles. The van der Waals surface area contributed by atoms with Crippen molar-refractivity contribution in [3.05, 3.63) is 29.3 Å². The lowest BCUT2D eigenvalue weighted by Crippen LogP contribution is -1.94. The minimum absolute atomic E-state index is 0.491. The van der Waals surface area contributed by atoms with E-state index >= 15 is 0 Å². The van der Waals surface area contributed by atoms with Gasteiger partial charge in [0.25, 0.3) is 0 Å². The minimum atomic E-state index is 0.491. The van der Waals surface area contributed by atoms with Gasteiger partial charge in [-0.05, 0) is 36.5 Å². The van der Waals surface area contributed by atoms with Crippen molar-refractivity contribution in [2.75, 3.05) is 0 Å². The summed E-state index contributed by atoms with van der Waals surface area (Å²) in [6.07, 6.45) is 15.7. The van der Waals surface area contributed by atoms with E-state index in [9.17, 15) is 5.11 Å². The molecule has 0 saturated carbocycles. The number of aryl methyl sites for hydroxylation is 1. The summed E-state index contributed by atoms with van der Waals surface area (Å²) in [5.74, 6) is 0.491. The highest BCUT2D eigenvalue weighted by Crippen LogP contribution is 2.24. The lowest BCUT2D eigenvalue weighted by atomic mass is 9.98. The fourth-order valence-electron chi connectivity index (χ4n) is 3.03. The maximum atomic E-state index is 9.97. The Morgan fingerprint density at radius 2 is 1.33 bits per heavy atom. The molecule has 1 N–H and O–H groups in total. The van der Waals surface area contributed by atoms with Crippen LogP contribution in [-0.2, 0) is 12.8 Å². The molecule has 0 amide bonds. The summed E-state index contributed by atoms with van der Waals surface area (Å²) in [5.41, 5.74) is 2.49. The van der Waals surface area contributed by atoms with Gasteiger partial charge in [-0.3, -0.25) is 0 Å². The minimum Gasteiger partial charge on any atom is -0.508 e. The van der Waals surface area contributed by atoms with E-state index in [-0.39, 0.29) is 0 Å². The Labute approximate surface area is 131 Å². The third kappa shape index (κ3) is 7.55. The Morgan fingerprint density at radius 3 is 1.90 bits per heavy atom. The molecule has 21 heavy (non-hydrogen) atoms. The standard InChI is InChI=1S/C20H34O/c1-3-5-6-7-8-9-10-11-12-13-16-19-18(4-2)15-14-17-20(19)21/h14-15,17,21H,3-13,16H2,1-2H3. The zero-order valence-corrected chi connectivity index (χ0v) is 14.2. The number of phenolic OH excluding ortho intramolecular Hbond substituents is 1. The van der Waals surface area contributed by atoms with Crippen LogP contribution in [0.1, 0.15) is 89.2 Å². The molecule has 1 heteroatoms. The summed E-state index contributed by atoms with van der Waals surface area (Å²) < 4.78 is 0. The molecular formula is C20H34O. The molecule has 0 aliphatic rings. The van der Waals surface area contributed by atoms with Crippen LogP contribution in [0.15, 0.2) is 18.2 Å². The predicted octanol–water partition coefficient (Wildman–Crippen LogP) is 6.42. The van der Waals surface area contributed by atoms with Crippen molar-refractivity contribution in [1.29, 1.82) is 0 Å². The first-order valence-electron chi connectivity index (χ1n) is 9.09. The van der Waals surface area contributed by atoms with Crippen molar-refractivity contribution in [3.8, 4) is 5.75 Å². The van der Waals surface area contributed by atoms with Crippen LogP contribution in [0.3, 0.4) is 0 Å². The monoisotopic (exact) mass is 290 g/mol. The second kappa shape index (κ2) is 11.7. The van der Waals surface area contributed by atoms with Crippen molar-refractivity contribution in [2.24, 2.45) is 0 Å². The molecule has 0 aliphatic heterocycles. The van der Waals surface area contributed by atoms with Crippen molar-refractivity contribution < 1.29 is 5.11 Å². The molecule has 0 fully saturated rings. The number of hydrogen-bond acceptors (Lipinski definition) is 1. The Balaban J connectivity index is 2.07. The van der Waals surface area contributed by atoms with Crippen LogP contribution in [0, 0.1) is 0 Å². The summed E-state index contributed by atoms with van der Waals surface area (Å²) >= 11 is 0. The Hall–Kier alpha value is -0.980. The first-order chi connectivity index (χ1) is 10.3. The first-order valence-corrected chi connectivity index (χ1v) is 9.09. The van der Waals surface area contributed by atoms with Gasteiger partial charge in [-0.25, -0.2) is 0 Å². The fraction of sp³-hybridized carbons (Fsp3) is 0.700. The number of unbranched alkanes of at least 4 members (excludes halogenated alkanes) is 9. The van der Waals surface area contributed by atoms with Gasteiger partial charge in [0, 0.05) is 0 Å². The summed E-state index contributed by atoms with van der Waals surface area (Å²) in [6.45, 7) is 4.44. The van der Waals surface area contributed by atoms with Gasteiger partial charge < -0.3 is 5.11 Å². The molecular weight excluding hydrogens is 256 g/mol. The number of benzene rings is 1. The Kier molecular flexibility index (Phi) is 10.0. The van der Waals surface area contributed by atoms with Crippen LogP contribution in [0.25, 0.3) is 0 Å². The third-order valence-electron chi connectivity index (χ3n) is 4.41. The molecule has 0 radical (unpaired) electrons. The largest absolute Gasteiger partial charge is 0.508 e. The molecule has 1 aromatic carbocycles. The molecule has 0 unspecified atom stereocenters. The lowest BCUT2D eigenvalue weighted by molar-refractivity contribution is 0.464. The zero-order valence-electron chi connectivity index (χ0n) is 14.2. The molecule has 0 aliphatic carbocycles. The van der Waals surface area contributed by atoms with Crippen LogP contribution < -0.4 is 0 Å². The van der Waals surface area contributed by atoms with Crippen molar-refractivity contribution in [2.45, 2.75) is 90.9 Å². The average molecular weight is 290 g/mol. The molecule has 0 spiro atoms. The van der Waals surface area contributed by atoms with Gasteiger partial charge in [0.15, 0.2) is 0 Å². The van der Waals surface area contributed by atoms with E-state index < -0.39 is 0 Å². The van der Waals surface area contributed by atoms with Gasteiger partial charge in [0.1, 0.15) is 5.75 Å². The van der Waals surface area contributed by atoms with Crippen molar-refractivity contribution in [3.63, 3.8) is 0 Å². The summed E-state index contributed by atoms with van der Waals surface area (Å²) in [5, 5.41) is 9.97. The van der Waals surface area contributed by atoms with Gasteiger partial charge in [0.2, 0.25) is 0 Å². The van der Waals surface area contributed by atoms with Gasteiger partial charge in [-0.1, -0.05) is 83.8 Å². The summed E-state index contributed by atoms with van der Waals surface area (Å²) in [7, 11) is 0.